The van der Waals surface area contributed by atoms with Gasteiger partial charge < -0.3 is 9.47 Å². The first kappa shape index (κ1) is 16.7. The molecule has 0 aromatic carbocycles. The second-order valence-electron chi connectivity index (χ2n) is 5.80. The Kier molecular flexibility index (Phi) is 4.45. The van der Waals surface area contributed by atoms with Crippen LogP contribution in [0, 0.1) is 13.8 Å². The molecule has 0 spiro atoms. The van der Waals surface area contributed by atoms with Crippen molar-refractivity contribution in [1.82, 2.24) is 9.78 Å². The van der Waals surface area contributed by atoms with Gasteiger partial charge in [-0.25, -0.2) is 4.79 Å². The minimum absolute atomic E-state index is 0.0252. The Labute approximate surface area is 144 Å². The summed E-state index contributed by atoms with van der Waals surface area (Å²) >= 11 is 1.19. The number of esters is 1. The van der Waals surface area contributed by atoms with Gasteiger partial charge in [-0.3, -0.25) is 9.48 Å². The van der Waals surface area contributed by atoms with Gasteiger partial charge in [0, 0.05) is 13.5 Å². The van der Waals surface area contributed by atoms with E-state index in [1.54, 1.807) is 11.6 Å². The number of Topliss-reactive ketones (excluding diaryl/α,β-unsaturated/α-hetero) is 1. The molecule has 2 aromatic heterocycles. The highest BCUT2D eigenvalue weighted by Crippen LogP contribution is 2.43. The summed E-state index contributed by atoms with van der Waals surface area (Å²) in [5, 5.41) is 4.80. The lowest BCUT2D eigenvalue weighted by atomic mass is 9.92. The van der Waals surface area contributed by atoms with Crippen molar-refractivity contribution in [3.8, 4) is 10.8 Å². The van der Waals surface area contributed by atoms with Crippen LogP contribution in [0.2, 0.25) is 0 Å². The zero-order chi connectivity index (χ0) is 17.4. The molecule has 0 aliphatic heterocycles. The monoisotopic (exact) mass is 348 g/mol. The Balaban J connectivity index is 2.07. The van der Waals surface area contributed by atoms with Crippen LogP contribution in [-0.2, 0) is 18.2 Å². The van der Waals surface area contributed by atoms with Crippen molar-refractivity contribution in [3.05, 3.63) is 27.4 Å². The lowest BCUT2D eigenvalue weighted by molar-refractivity contribution is 0.0531. The number of rotatable bonds is 4. The van der Waals surface area contributed by atoms with Crippen LogP contribution < -0.4 is 4.74 Å². The lowest BCUT2D eigenvalue weighted by Crippen LogP contribution is -2.13. The quantitative estimate of drug-likeness (QED) is 0.790. The largest absolute Gasteiger partial charge is 0.462 e. The second kappa shape index (κ2) is 6.39. The van der Waals surface area contributed by atoms with Crippen LogP contribution >= 0.6 is 11.3 Å². The molecule has 0 fully saturated rings. The van der Waals surface area contributed by atoms with E-state index in [0.717, 1.165) is 23.4 Å². The molecular formula is C17H20N2O4S. The Morgan fingerprint density at radius 2 is 2.08 bits per heavy atom. The van der Waals surface area contributed by atoms with E-state index >= 15 is 0 Å². The Morgan fingerprint density at radius 3 is 2.71 bits per heavy atom. The summed E-state index contributed by atoms with van der Waals surface area (Å²) in [7, 11) is 1.84. The number of hydrogen-bond acceptors (Lipinski definition) is 6. The fourth-order valence-corrected chi connectivity index (χ4v) is 4.06. The predicted octanol–water partition coefficient (Wildman–Crippen LogP) is 3.59. The minimum Gasteiger partial charge on any atom is -0.462 e. The van der Waals surface area contributed by atoms with E-state index in [-0.39, 0.29) is 11.8 Å². The molecule has 0 unspecified atom stereocenters. The number of fused-ring (bicyclic) bond motifs is 1. The summed E-state index contributed by atoms with van der Waals surface area (Å²) in [5.41, 5.74) is 2.93. The molecule has 6 nitrogen and oxygen atoms in total. The lowest BCUT2D eigenvalue weighted by Gasteiger charge is -2.13. The zero-order valence-electron chi connectivity index (χ0n) is 14.3. The van der Waals surface area contributed by atoms with Crippen LogP contribution in [0.1, 0.15) is 56.7 Å². The summed E-state index contributed by atoms with van der Waals surface area (Å²) in [6.45, 7) is 5.83. The molecule has 0 N–H and O–H groups in total. The summed E-state index contributed by atoms with van der Waals surface area (Å²) in [5.74, 6) is 0.274. The van der Waals surface area contributed by atoms with Crippen LogP contribution in [0.25, 0.3) is 0 Å². The molecule has 2 aromatic rings. The number of nitrogens with zero attached hydrogens (tertiary/aromatic N) is 2. The van der Waals surface area contributed by atoms with Gasteiger partial charge in [0.2, 0.25) is 0 Å². The van der Waals surface area contributed by atoms with Crippen molar-refractivity contribution in [1.29, 1.82) is 0 Å². The number of hydrogen-bond donors (Lipinski definition) is 0. The van der Waals surface area contributed by atoms with Crippen molar-refractivity contribution in [2.24, 2.45) is 7.05 Å². The van der Waals surface area contributed by atoms with Crippen molar-refractivity contribution in [3.63, 3.8) is 0 Å². The maximum absolute atomic E-state index is 12.4. The van der Waals surface area contributed by atoms with E-state index in [1.165, 1.54) is 11.3 Å². The average molecular weight is 348 g/mol. The van der Waals surface area contributed by atoms with E-state index in [4.69, 9.17) is 9.47 Å². The van der Waals surface area contributed by atoms with Gasteiger partial charge in [-0.15, -0.1) is 0 Å². The Hall–Kier alpha value is -2.15. The van der Waals surface area contributed by atoms with Crippen LogP contribution in [0.3, 0.4) is 0 Å². The summed E-state index contributed by atoms with van der Waals surface area (Å²) in [4.78, 5) is 25.1. The number of ether oxygens (including phenoxy) is 2. The first-order valence-corrected chi connectivity index (χ1v) is 8.79. The van der Waals surface area contributed by atoms with E-state index in [1.807, 2.05) is 20.9 Å². The molecule has 24 heavy (non-hydrogen) atoms. The smallest absolute Gasteiger partial charge is 0.348 e. The van der Waals surface area contributed by atoms with Gasteiger partial charge in [0.15, 0.2) is 16.6 Å². The summed E-state index contributed by atoms with van der Waals surface area (Å²) in [6, 6.07) is 0. The highest BCUT2D eigenvalue weighted by molar-refractivity contribution is 7.16. The average Bonchev–Trinajstić information content (AvgIpc) is 3.02. The second-order valence-corrected chi connectivity index (χ2v) is 6.78. The normalized spacial score (nSPS) is 13.8. The van der Waals surface area contributed by atoms with Gasteiger partial charge >= 0.3 is 5.97 Å². The van der Waals surface area contributed by atoms with Crippen molar-refractivity contribution in [2.75, 3.05) is 6.61 Å². The predicted molar refractivity (Wildman–Crippen MR) is 90.3 cm³/mol. The number of carbonyl (C=O) groups excluding carboxylic acids is 2. The fourth-order valence-electron chi connectivity index (χ4n) is 2.94. The number of aromatic nitrogens is 2. The fraction of sp³-hybridized carbons (Fsp3) is 0.471. The number of ketones is 1. The van der Waals surface area contributed by atoms with Gasteiger partial charge in [-0.1, -0.05) is 11.3 Å². The van der Waals surface area contributed by atoms with Crippen LogP contribution in [0.5, 0.6) is 10.8 Å². The molecule has 1 aliphatic carbocycles. The van der Waals surface area contributed by atoms with Gasteiger partial charge in [-0.05, 0) is 39.2 Å². The van der Waals surface area contributed by atoms with Crippen LogP contribution in [0.4, 0.5) is 0 Å². The van der Waals surface area contributed by atoms with Gasteiger partial charge in [0.25, 0.3) is 0 Å². The first-order chi connectivity index (χ1) is 11.4. The van der Waals surface area contributed by atoms with Gasteiger partial charge in [-0.2, -0.15) is 5.10 Å². The third kappa shape index (κ3) is 2.73. The van der Waals surface area contributed by atoms with E-state index in [9.17, 15) is 9.59 Å². The zero-order valence-corrected chi connectivity index (χ0v) is 15.1. The third-order valence-electron chi connectivity index (χ3n) is 4.18. The molecule has 7 heteroatoms. The Morgan fingerprint density at radius 1 is 1.33 bits per heavy atom. The van der Waals surface area contributed by atoms with Crippen LogP contribution in [-0.4, -0.2) is 28.1 Å². The Bertz CT molecular complexity index is 819. The van der Waals surface area contributed by atoms with E-state index < -0.39 is 0 Å². The number of aryl methyl sites for hydroxylation is 2. The summed E-state index contributed by atoms with van der Waals surface area (Å²) in [6.07, 6.45) is 1.92. The topological polar surface area (TPSA) is 70.4 Å². The maximum atomic E-state index is 12.4. The van der Waals surface area contributed by atoms with Gasteiger partial charge in [0.05, 0.1) is 17.9 Å². The number of thiophene rings is 1. The third-order valence-corrected chi connectivity index (χ3v) is 5.27. The standard InChI is InChI=1S/C17H20N2O4S/c1-5-22-16(21)15-11-7-6-8-12(20)13(11)17(24-15)23-14-9(2)18-19(4)10(14)3/h5-8H2,1-4H3. The molecule has 1 aliphatic rings. The van der Waals surface area contributed by atoms with Crippen LogP contribution in [0.15, 0.2) is 0 Å². The van der Waals surface area contributed by atoms with Gasteiger partial charge in [0.1, 0.15) is 10.6 Å². The molecule has 0 atom stereocenters. The molecule has 128 valence electrons. The van der Waals surface area contributed by atoms with E-state index in [2.05, 4.69) is 5.10 Å². The molecule has 0 radical (unpaired) electrons. The van der Waals surface area contributed by atoms with Crippen molar-refractivity contribution < 1.29 is 19.1 Å². The molecule has 2 heterocycles. The highest BCUT2D eigenvalue weighted by Gasteiger charge is 2.32. The molecule has 0 amide bonds. The number of carbonyl (C=O) groups is 2. The van der Waals surface area contributed by atoms with E-state index in [0.29, 0.717) is 40.7 Å². The molecule has 0 saturated carbocycles. The molecule has 0 saturated heterocycles. The summed E-state index contributed by atoms with van der Waals surface area (Å²) < 4.78 is 12.9. The maximum Gasteiger partial charge on any atom is 0.348 e. The van der Waals surface area contributed by atoms with Crippen molar-refractivity contribution >= 4 is 23.1 Å². The van der Waals surface area contributed by atoms with Crippen molar-refractivity contribution in [2.45, 2.75) is 40.0 Å². The molecule has 3 rings (SSSR count). The highest BCUT2D eigenvalue weighted by atomic mass is 32.1. The first-order valence-electron chi connectivity index (χ1n) is 7.98. The molecule has 0 bridgehead atoms. The minimum atomic E-state index is -0.386. The molecular weight excluding hydrogens is 328 g/mol. The SMILES string of the molecule is CCOC(=O)c1sc(Oc2c(C)nn(C)c2C)c2c1CCCC2=O.